The van der Waals surface area contributed by atoms with Gasteiger partial charge >= 0.3 is 12.2 Å². The SMILES string of the molecule is CC1CCC(N(C(=O)[C@@H]2CCCO2)[C@H]2CC(C)[N+](C(=O)O)(C(=O)OC(C)(C)C)C2)CC1. The van der Waals surface area contributed by atoms with Crippen molar-refractivity contribution in [1.82, 2.24) is 4.90 Å². The number of ether oxygens (including phenoxy) is 2. The van der Waals surface area contributed by atoms with E-state index >= 15 is 0 Å². The molecule has 8 nitrogen and oxygen atoms in total. The van der Waals surface area contributed by atoms with Crippen LogP contribution in [-0.2, 0) is 14.3 Å². The first-order valence-corrected chi connectivity index (χ1v) is 11.7. The van der Waals surface area contributed by atoms with Crippen molar-refractivity contribution >= 4 is 18.1 Å². The molecule has 1 N–H and O–H groups in total. The van der Waals surface area contributed by atoms with Crippen LogP contribution in [0.5, 0.6) is 0 Å². The quantitative estimate of drug-likeness (QED) is 0.664. The van der Waals surface area contributed by atoms with Crippen LogP contribution in [0.15, 0.2) is 0 Å². The van der Waals surface area contributed by atoms with Crippen LogP contribution in [-0.4, -0.2) is 75.6 Å². The molecule has 2 aliphatic heterocycles. The van der Waals surface area contributed by atoms with Gasteiger partial charge in [-0.05, 0) is 72.1 Å². The van der Waals surface area contributed by atoms with Crippen LogP contribution in [0.1, 0.15) is 79.6 Å². The van der Waals surface area contributed by atoms with Gasteiger partial charge in [0.15, 0.2) is 0 Å². The summed E-state index contributed by atoms with van der Waals surface area (Å²) in [4.78, 5) is 40.9. The summed E-state index contributed by atoms with van der Waals surface area (Å²) >= 11 is 0. The largest absolute Gasteiger partial charge is 0.527 e. The Morgan fingerprint density at radius 3 is 2.19 bits per heavy atom. The fourth-order valence-corrected chi connectivity index (χ4v) is 5.42. The molecule has 176 valence electrons. The molecule has 0 radical (unpaired) electrons. The van der Waals surface area contributed by atoms with Gasteiger partial charge in [0.25, 0.3) is 5.91 Å². The van der Waals surface area contributed by atoms with E-state index in [4.69, 9.17) is 9.47 Å². The van der Waals surface area contributed by atoms with Crippen molar-refractivity contribution in [2.45, 2.75) is 109 Å². The van der Waals surface area contributed by atoms with Gasteiger partial charge < -0.3 is 19.5 Å². The second-order valence-corrected chi connectivity index (χ2v) is 10.7. The van der Waals surface area contributed by atoms with Crippen LogP contribution in [0.3, 0.4) is 0 Å². The van der Waals surface area contributed by atoms with E-state index in [1.807, 2.05) is 4.90 Å². The van der Waals surface area contributed by atoms with Gasteiger partial charge in [-0.25, -0.2) is 0 Å². The molecule has 3 aliphatic rings. The standard InChI is InChI=1S/C23H38N2O6/c1-15-8-10-17(11-9-15)24(20(26)19-7-6-12-30-19)18-13-16(2)25(14-18,21(27)28)22(29)31-23(3,4)5/h15-19H,6-14H2,1-5H3/p+1/t15?,16?,17?,18-,19-,25?/m0/s1. The van der Waals surface area contributed by atoms with Gasteiger partial charge in [0.1, 0.15) is 24.3 Å². The normalized spacial score (nSPS) is 36.2. The molecule has 2 heterocycles. The van der Waals surface area contributed by atoms with E-state index in [1.165, 1.54) is 0 Å². The van der Waals surface area contributed by atoms with Crippen molar-refractivity contribution < 1.29 is 33.4 Å². The average Bonchev–Trinajstić information content (AvgIpc) is 3.30. The highest BCUT2D eigenvalue weighted by molar-refractivity contribution is 5.82. The van der Waals surface area contributed by atoms with Crippen molar-refractivity contribution in [3.8, 4) is 0 Å². The minimum Gasteiger partial charge on any atom is -0.435 e. The summed E-state index contributed by atoms with van der Waals surface area (Å²) in [6.07, 6.45) is 3.50. The monoisotopic (exact) mass is 439 g/mol. The smallest absolute Gasteiger partial charge is 0.435 e. The summed E-state index contributed by atoms with van der Waals surface area (Å²) in [6.45, 7) is 9.83. The summed E-state index contributed by atoms with van der Waals surface area (Å²) in [5.74, 6) is 0.595. The molecule has 1 aliphatic carbocycles. The number of likely N-dealkylation sites (tertiary alicyclic amines) is 1. The lowest BCUT2D eigenvalue weighted by Gasteiger charge is -2.40. The van der Waals surface area contributed by atoms with Crippen molar-refractivity contribution in [2.24, 2.45) is 5.92 Å². The Bertz CT molecular complexity index is 691. The number of rotatable bonds is 3. The van der Waals surface area contributed by atoms with Gasteiger partial charge in [-0.15, -0.1) is 4.48 Å². The third-order valence-electron chi connectivity index (χ3n) is 7.16. The molecule has 4 atom stereocenters. The van der Waals surface area contributed by atoms with Crippen molar-refractivity contribution in [1.29, 1.82) is 0 Å². The Hall–Kier alpha value is -1.67. The number of carbonyl (C=O) groups is 3. The first-order chi connectivity index (χ1) is 14.5. The molecule has 1 saturated carbocycles. The van der Waals surface area contributed by atoms with Crippen LogP contribution in [0.2, 0.25) is 0 Å². The molecule has 0 bridgehead atoms. The third-order valence-corrected chi connectivity index (χ3v) is 7.16. The number of nitrogens with zero attached hydrogens (tertiary/aromatic N) is 2. The fourth-order valence-electron chi connectivity index (χ4n) is 5.42. The summed E-state index contributed by atoms with van der Waals surface area (Å²) in [7, 11) is 0. The van der Waals surface area contributed by atoms with Crippen LogP contribution in [0, 0.1) is 5.92 Å². The lowest BCUT2D eigenvalue weighted by molar-refractivity contribution is -0.797. The maximum Gasteiger partial charge on any atom is 0.527 e. The van der Waals surface area contributed by atoms with E-state index < -0.39 is 34.4 Å². The van der Waals surface area contributed by atoms with Gasteiger partial charge in [-0.1, -0.05) is 6.92 Å². The van der Waals surface area contributed by atoms with Crippen LogP contribution in [0.25, 0.3) is 0 Å². The van der Waals surface area contributed by atoms with Gasteiger partial charge in [-0.2, -0.15) is 9.59 Å². The topological polar surface area (TPSA) is 93.1 Å². The van der Waals surface area contributed by atoms with Crippen molar-refractivity contribution in [2.75, 3.05) is 13.2 Å². The van der Waals surface area contributed by atoms with E-state index in [1.54, 1.807) is 27.7 Å². The maximum absolute atomic E-state index is 13.5. The van der Waals surface area contributed by atoms with Crippen LogP contribution >= 0.6 is 0 Å². The molecule has 0 spiro atoms. The fraction of sp³-hybridized carbons (Fsp3) is 0.870. The van der Waals surface area contributed by atoms with Gasteiger partial charge in [-0.3, -0.25) is 4.79 Å². The van der Waals surface area contributed by atoms with Crippen LogP contribution in [0.4, 0.5) is 9.59 Å². The number of carbonyl (C=O) groups excluding carboxylic acids is 2. The van der Waals surface area contributed by atoms with Gasteiger partial charge in [0.05, 0.1) is 6.04 Å². The van der Waals surface area contributed by atoms with Gasteiger partial charge in [0.2, 0.25) is 0 Å². The lowest BCUT2D eigenvalue weighted by atomic mass is 9.85. The highest BCUT2D eigenvalue weighted by atomic mass is 16.6. The first kappa shape index (κ1) is 24.0. The first-order valence-electron chi connectivity index (χ1n) is 11.7. The Morgan fingerprint density at radius 2 is 1.68 bits per heavy atom. The molecule has 3 fully saturated rings. The summed E-state index contributed by atoms with van der Waals surface area (Å²) in [6, 6.07) is -0.745. The van der Waals surface area contributed by atoms with E-state index in [9.17, 15) is 19.5 Å². The highest BCUT2D eigenvalue weighted by Gasteiger charge is 2.61. The zero-order valence-electron chi connectivity index (χ0n) is 19.6. The van der Waals surface area contributed by atoms with Crippen LogP contribution < -0.4 is 0 Å². The molecule has 31 heavy (non-hydrogen) atoms. The molecule has 0 aromatic carbocycles. The summed E-state index contributed by atoms with van der Waals surface area (Å²) < 4.78 is 10.4. The predicted octanol–water partition coefficient (Wildman–Crippen LogP) is 4.16. The second-order valence-electron chi connectivity index (χ2n) is 10.7. The number of hydrogen-bond donors (Lipinski definition) is 1. The van der Waals surface area contributed by atoms with Crippen molar-refractivity contribution in [3.05, 3.63) is 0 Å². The zero-order chi connectivity index (χ0) is 23.0. The maximum atomic E-state index is 13.5. The van der Waals surface area contributed by atoms with E-state index in [-0.39, 0.29) is 24.5 Å². The number of amides is 3. The van der Waals surface area contributed by atoms with E-state index in [0.717, 1.165) is 32.1 Å². The summed E-state index contributed by atoms with van der Waals surface area (Å²) in [5.41, 5.74) is -0.789. The average molecular weight is 440 g/mol. The van der Waals surface area contributed by atoms with Crippen molar-refractivity contribution in [3.63, 3.8) is 0 Å². The lowest BCUT2D eigenvalue weighted by Crippen LogP contribution is -2.61. The number of hydrogen-bond acceptors (Lipinski definition) is 5. The molecule has 3 amide bonds. The Labute approximate surface area is 185 Å². The minimum absolute atomic E-state index is 0.0376. The number of carboxylic acid groups (broad SMARTS) is 1. The number of quaternary nitrogens is 1. The van der Waals surface area contributed by atoms with Gasteiger partial charge in [0, 0.05) is 19.1 Å². The third kappa shape index (κ3) is 4.90. The van der Waals surface area contributed by atoms with E-state index in [0.29, 0.717) is 25.4 Å². The predicted molar refractivity (Wildman–Crippen MR) is 114 cm³/mol. The summed E-state index contributed by atoms with van der Waals surface area (Å²) in [5, 5.41) is 10.1. The highest BCUT2D eigenvalue weighted by Crippen LogP contribution is 2.37. The molecular formula is C23H39N2O6+. The molecule has 2 unspecified atom stereocenters. The number of imide groups is 1. The minimum atomic E-state index is -1.22. The molecule has 2 saturated heterocycles. The molecule has 0 aromatic heterocycles. The zero-order valence-corrected chi connectivity index (χ0v) is 19.6. The Morgan fingerprint density at radius 1 is 1.03 bits per heavy atom. The molecule has 3 rings (SSSR count). The Kier molecular flexibility index (Phi) is 7.01. The molecular weight excluding hydrogens is 400 g/mol. The molecule has 0 aromatic rings. The second kappa shape index (κ2) is 9.06. The van der Waals surface area contributed by atoms with E-state index in [2.05, 4.69) is 6.92 Å². The molecule has 8 heteroatoms. The Balaban J connectivity index is 1.89.